The van der Waals surface area contributed by atoms with Gasteiger partial charge in [-0.15, -0.1) is 34.7 Å². The van der Waals surface area contributed by atoms with Gasteiger partial charge in [0, 0.05) is 22.6 Å². The number of phenolic OH excluding ortho intramolecular Hbond substituents is 2. The number of aliphatic carboxylic acids is 1. The summed E-state index contributed by atoms with van der Waals surface area (Å²) in [5.74, 6) is -4.85. The molecule has 9 rings (SSSR count). The number of hydrogen-bond acceptors (Lipinski definition) is 13. The highest BCUT2D eigenvalue weighted by molar-refractivity contribution is 8.00. The number of aromatic hydroxyl groups is 2. The number of thiazole rings is 1. The number of carbonyl (C=O) groups excluding carboxylic acids is 3. The van der Waals surface area contributed by atoms with Crippen molar-refractivity contribution in [1.29, 1.82) is 0 Å². The fourth-order valence-electron chi connectivity index (χ4n) is 8.39. The predicted molar refractivity (Wildman–Crippen MR) is 266 cm³/mol. The van der Waals surface area contributed by atoms with Gasteiger partial charge in [-0.05, 0) is 45.5 Å². The lowest BCUT2D eigenvalue weighted by molar-refractivity contribution is -0.162. The Morgan fingerprint density at radius 3 is 1.83 bits per heavy atom. The minimum atomic E-state index is -1.76. The van der Waals surface area contributed by atoms with Crippen molar-refractivity contribution in [3.05, 3.63) is 226 Å². The van der Waals surface area contributed by atoms with Crippen LogP contribution >= 0.6 is 34.7 Å². The van der Waals surface area contributed by atoms with Crippen molar-refractivity contribution in [2.45, 2.75) is 29.2 Å². The van der Waals surface area contributed by atoms with Crippen LogP contribution in [0.1, 0.15) is 51.3 Å². The first-order valence-electron chi connectivity index (χ1n) is 21.8. The number of esters is 1. The van der Waals surface area contributed by atoms with Gasteiger partial charge in [0.25, 0.3) is 11.8 Å². The molecule has 352 valence electrons. The zero-order chi connectivity index (χ0) is 48.8. The quantitative estimate of drug-likeness (QED) is 0.0111. The average Bonchev–Trinajstić information content (AvgIpc) is 3.87. The largest absolute Gasteiger partial charge is 0.504 e. The summed E-state index contributed by atoms with van der Waals surface area (Å²) in [6, 6.07) is 49.8. The molecule has 6 aromatic carbocycles. The van der Waals surface area contributed by atoms with E-state index in [0.717, 1.165) is 39.0 Å². The number of aromatic nitrogens is 1. The second-order valence-corrected chi connectivity index (χ2v) is 18.3. The Morgan fingerprint density at radius 1 is 0.771 bits per heavy atom. The van der Waals surface area contributed by atoms with Gasteiger partial charge in [0.05, 0.1) is 0 Å². The molecule has 7 aromatic rings. The molecule has 2 amide bonds. The van der Waals surface area contributed by atoms with Gasteiger partial charge in [-0.25, -0.2) is 14.6 Å². The third-order valence-corrected chi connectivity index (χ3v) is 14.2. The maximum absolute atomic E-state index is 14.7. The van der Waals surface area contributed by atoms with Gasteiger partial charge in [0.2, 0.25) is 6.10 Å². The molecule has 70 heavy (non-hydrogen) atoms. The number of halogens is 1. The molecule has 1 fully saturated rings. The number of alkyl halides is 1. The zero-order valence-electron chi connectivity index (χ0n) is 36.8. The van der Waals surface area contributed by atoms with Crippen molar-refractivity contribution >= 4 is 69.3 Å². The number of hydrogen-bond donors (Lipinski definition) is 5. The van der Waals surface area contributed by atoms with Gasteiger partial charge >= 0.3 is 11.9 Å². The lowest BCUT2D eigenvalue weighted by atomic mass is 9.77. The molecule has 3 atom stereocenters. The molecular formula is C53H42ClN5O9S2. The van der Waals surface area contributed by atoms with E-state index in [9.17, 15) is 34.5 Å². The smallest absolute Gasteiger partial charge is 0.355 e. The summed E-state index contributed by atoms with van der Waals surface area (Å²) >= 11 is 8.47. The van der Waals surface area contributed by atoms with Crippen LogP contribution in [0.5, 0.6) is 11.5 Å². The first-order valence-corrected chi connectivity index (χ1v) is 24.3. The van der Waals surface area contributed by atoms with Gasteiger partial charge < -0.3 is 35.5 Å². The molecular weight excluding hydrogens is 950 g/mol. The van der Waals surface area contributed by atoms with Crippen molar-refractivity contribution in [1.82, 2.24) is 15.2 Å². The number of carbonyl (C=O) groups is 4. The van der Waals surface area contributed by atoms with Gasteiger partial charge in [-0.2, -0.15) is 0 Å². The van der Waals surface area contributed by atoms with Gasteiger partial charge in [-0.1, -0.05) is 163 Å². The molecule has 0 radical (unpaired) electrons. The van der Waals surface area contributed by atoms with E-state index in [1.807, 2.05) is 103 Å². The van der Waals surface area contributed by atoms with Gasteiger partial charge in [0.1, 0.15) is 28.3 Å². The van der Waals surface area contributed by atoms with Gasteiger partial charge in [0.15, 0.2) is 28.4 Å². The van der Waals surface area contributed by atoms with Crippen molar-refractivity contribution in [3.63, 3.8) is 0 Å². The summed E-state index contributed by atoms with van der Waals surface area (Å²) in [5.41, 5.74) is 2.56. The number of rotatable bonds is 17. The number of oxime groups is 1. The molecule has 14 nitrogen and oxygen atoms in total. The van der Waals surface area contributed by atoms with E-state index < -0.39 is 70.1 Å². The van der Waals surface area contributed by atoms with Crippen LogP contribution in [0.4, 0.5) is 5.13 Å². The normalized spacial score (nSPS) is 16.2. The Hall–Kier alpha value is -7.92. The summed E-state index contributed by atoms with van der Waals surface area (Å²) in [5, 5.41) is 42.8. The van der Waals surface area contributed by atoms with Crippen LogP contribution < -0.4 is 10.6 Å². The van der Waals surface area contributed by atoms with Crippen LogP contribution in [0.15, 0.2) is 192 Å². The maximum Gasteiger partial charge on any atom is 0.355 e. The highest BCUT2D eigenvalue weighted by Gasteiger charge is 2.54. The number of β-lactam (4-membered cyclic amide) rings is 1. The SMILES string of the molecule is O=C(O)C1=C(CCl)CS[C@H]2C(NC(=O)C(=NO[C@@H](C(=O)OC(c3ccccc3)c3ccccc3)c3ccc(O)c(O)c3)c3csc(NC(c4ccccc4)(c4ccccc4)c4ccccc4)n3)C(=O)N12. The fourth-order valence-corrected chi connectivity index (χ4v) is 10.8. The van der Waals surface area contributed by atoms with Crippen LogP contribution in [-0.4, -0.2) is 77.7 Å². The van der Waals surface area contributed by atoms with E-state index >= 15 is 0 Å². The minimum Gasteiger partial charge on any atom is -0.504 e. The highest BCUT2D eigenvalue weighted by Crippen LogP contribution is 2.43. The standard InChI is InChI=1S/C53H42ClN5O9S2/c54-29-35-30-69-49-43(48(63)59(49)44(35)50(64)65)56-47(62)42(39-31-70-52(55-39)57-53(36-20-10-3-11-21-36,37-22-12-4-13-23-37)38-24-14-5-15-25-38)58-68-46(34-26-27-40(60)41(61)28-34)51(66)67-45(32-16-6-1-7-17-32)33-18-8-2-9-19-33/h1-28,31,43,45-46,49,60-61H,29-30H2,(H,55,57)(H,56,62)(H,64,65)/t43?,46-,49+/m1/s1. The van der Waals surface area contributed by atoms with E-state index in [1.54, 1.807) is 53.9 Å². The minimum absolute atomic E-state index is 0.00850. The monoisotopic (exact) mass is 991 g/mol. The van der Waals surface area contributed by atoms with Crippen LogP contribution in [0, 0.1) is 0 Å². The number of ether oxygens (including phenoxy) is 1. The summed E-state index contributed by atoms with van der Waals surface area (Å²) in [6.45, 7) is 0. The van der Waals surface area contributed by atoms with Crippen LogP contribution in [-0.2, 0) is 34.3 Å². The molecule has 3 heterocycles. The second-order valence-electron chi connectivity index (χ2n) is 16.1. The molecule has 0 saturated carbocycles. The number of nitrogens with zero attached hydrogens (tertiary/aromatic N) is 3. The first kappa shape index (κ1) is 47.2. The third kappa shape index (κ3) is 9.44. The topological polar surface area (TPSA) is 200 Å². The summed E-state index contributed by atoms with van der Waals surface area (Å²) in [4.78, 5) is 67.4. The van der Waals surface area contributed by atoms with Crippen LogP contribution in [0.25, 0.3) is 0 Å². The summed E-state index contributed by atoms with van der Waals surface area (Å²) < 4.78 is 6.19. The third-order valence-electron chi connectivity index (χ3n) is 11.8. The van der Waals surface area contributed by atoms with Crippen molar-refractivity contribution < 1.29 is 44.1 Å². The van der Waals surface area contributed by atoms with E-state index in [4.69, 9.17) is 26.2 Å². The number of anilines is 1. The molecule has 1 unspecified atom stereocenters. The van der Waals surface area contributed by atoms with Gasteiger partial charge in [-0.3, -0.25) is 14.5 Å². The first-order chi connectivity index (χ1) is 34.1. The van der Waals surface area contributed by atoms with E-state index in [2.05, 4.69) is 15.8 Å². The maximum atomic E-state index is 14.7. The Bertz CT molecular complexity index is 2960. The summed E-state index contributed by atoms with van der Waals surface area (Å²) in [7, 11) is 0. The predicted octanol–water partition coefficient (Wildman–Crippen LogP) is 8.73. The molecule has 2 aliphatic heterocycles. The number of phenols is 2. The Kier molecular flexibility index (Phi) is 14.0. The van der Waals surface area contributed by atoms with E-state index in [-0.39, 0.29) is 28.6 Å². The molecule has 0 spiro atoms. The number of nitrogens with one attached hydrogen (secondary N) is 2. The summed E-state index contributed by atoms with van der Waals surface area (Å²) in [6.07, 6.45) is -2.69. The van der Waals surface area contributed by atoms with E-state index in [1.165, 1.54) is 23.9 Å². The Labute approximate surface area is 414 Å². The average molecular weight is 993 g/mol. The number of carboxylic acid groups (broad SMARTS) is 1. The molecule has 0 bridgehead atoms. The molecule has 5 N–H and O–H groups in total. The lowest BCUT2D eigenvalue weighted by Gasteiger charge is -2.49. The number of amides is 2. The second kappa shape index (κ2) is 20.7. The van der Waals surface area contributed by atoms with Crippen LogP contribution in [0.3, 0.4) is 0 Å². The molecule has 0 aliphatic carbocycles. The van der Waals surface area contributed by atoms with Crippen LogP contribution in [0.2, 0.25) is 0 Å². The number of benzene rings is 6. The molecule has 17 heteroatoms. The number of fused-ring (bicyclic) bond motifs is 1. The number of thioether (sulfide) groups is 1. The highest BCUT2D eigenvalue weighted by atomic mass is 35.5. The number of carboxylic acids is 1. The van der Waals surface area contributed by atoms with E-state index in [0.29, 0.717) is 21.8 Å². The Morgan fingerprint density at radius 2 is 1.31 bits per heavy atom. The molecule has 1 saturated heterocycles. The molecule has 2 aliphatic rings. The van der Waals surface area contributed by atoms with Crippen molar-refractivity contribution in [2.75, 3.05) is 16.9 Å². The van der Waals surface area contributed by atoms with Crippen molar-refractivity contribution in [3.8, 4) is 11.5 Å². The lowest BCUT2D eigenvalue weighted by Crippen LogP contribution is -2.71. The fraction of sp³-hybridized carbons (Fsp3) is 0.132. The Balaban J connectivity index is 1.12. The zero-order valence-corrected chi connectivity index (χ0v) is 39.2. The molecule has 1 aromatic heterocycles. The van der Waals surface area contributed by atoms with Crippen molar-refractivity contribution in [2.24, 2.45) is 5.16 Å².